The van der Waals surface area contributed by atoms with Crippen molar-refractivity contribution < 1.29 is 14.2 Å². The van der Waals surface area contributed by atoms with Crippen LogP contribution in [-0.2, 0) is 14.2 Å². The van der Waals surface area contributed by atoms with Crippen LogP contribution in [0.5, 0.6) is 0 Å². The Balaban J connectivity index is 0.00000441. The van der Waals surface area contributed by atoms with Crippen LogP contribution in [0.3, 0.4) is 0 Å². The number of hydrogen-bond acceptors (Lipinski definition) is 4. The number of aliphatic imine (C=N–C) groups is 1. The first kappa shape index (κ1) is 21.9. The summed E-state index contributed by atoms with van der Waals surface area (Å²) < 4.78 is 16.4. The van der Waals surface area contributed by atoms with E-state index in [0.29, 0.717) is 19.3 Å². The number of nitrogens with zero attached hydrogens (tertiary/aromatic N) is 1. The van der Waals surface area contributed by atoms with Crippen molar-refractivity contribution in [2.75, 3.05) is 52.7 Å². The first-order chi connectivity index (χ1) is 10.4. The van der Waals surface area contributed by atoms with E-state index in [-0.39, 0.29) is 24.0 Å². The van der Waals surface area contributed by atoms with Gasteiger partial charge in [0.15, 0.2) is 5.96 Å². The fraction of sp³-hybridized carbons (Fsp3) is 0.933. The van der Waals surface area contributed by atoms with Gasteiger partial charge in [-0.05, 0) is 33.1 Å². The average molecular weight is 429 g/mol. The number of guanidine groups is 1. The molecule has 0 radical (unpaired) electrons. The number of rotatable bonds is 11. The molecule has 0 aliphatic carbocycles. The molecule has 0 spiro atoms. The minimum atomic E-state index is 0. The third kappa shape index (κ3) is 11.4. The Kier molecular flexibility index (Phi) is 15.7. The summed E-state index contributed by atoms with van der Waals surface area (Å²) in [5, 5.41) is 6.49. The normalized spacial score (nSPS) is 18.1. The summed E-state index contributed by atoms with van der Waals surface area (Å²) >= 11 is 0. The first-order valence-corrected chi connectivity index (χ1v) is 8.16. The van der Waals surface area contributed by atoms with Gasteiger partial charge in [0.05, 0.1) is 19.3 Å². The van der Waals surface area contributed by atoms with Crippen LogP contribution >= 0.6 is 24.0 Å². The van der Waals surface area contributed by atoms with Gasteiger partial charge in [0.25, 0.3) is 0 Å². The van der Waals surface area contributed by atoms with Crippen molar-refractivity contribution >= 4 is 29.9 Å². The summed E-state index contributed by atoms with van der Waals surface area (Å²) in [7, 11) is 0. The number of nitrogens with one attached hydrogen (secondary N) is 2. The molecule has 1 saturated heterocycles. The van der Waals surface area contributed by atoms with E-state index in [4.69, 9.17) is 14.2 Å². The van der Waals surface area contributed by atoms with Gasteiger partial charge in [-0.25, -0.2) is 0 Å². The molecule has 1 rings (SSSR count). The molecule has 1 aliphatic rings. The van der Waals surface area contributed by atoms with Gasteiger partial charge in [0.1, 0.15) is 0 Å². The Bertz CT molecular complexity index is 275. The van der Waals surface area contributed by atoms with Crippen molar-refractivity contribution in [1.82, 2.24) is 10.6 Å². The highest BCUT2D eigenvalue weighted by molar-refractivity contribution is 14.0. The lowest BCUT2D eigenvalue weighted by Crippen LogP contribution is -2.39. The summed E-state index contributed by atoms with van der Waals surface area (Å²) in [5.74, 6) is 0.842. The van der Waals surface area contributed by atoms with Crippen molar-refractivity contribution in [2.45, 2.75) is 39.2 Å². The molecule has 6 nitrogen and oxygen atoms in total. The fourth-order valence-corrected chi connectivity index (χ4v) is 2.08. The highest BCUT2D eigenvalue weighted by Gasteiger charge is 2.14. The zero-order valence-corrected chi connectivity index (χ0v) is 16.3. The zero-order valence-electron chi connectivity index (χ0n) is 13.9. The third-order valence-corrected chi connectivity index (χ3v) is 3.13. The van der Waals surface area contributed by atoms with Crippen LogP contribution in [-0.4, -0.2) is 64.7 Å². The molecule has 1 heterocycles. The minimum Gasteiger partial charge on any atom is -0.382 e. The largest absolute Gasteiger partial charge is 0.382 e. The third-order valence-electron chi connectivity index (χ3n) is 3.13. The van der Waals surface area contributed by atoms with Crippen molar-refractivity contribution in [3.63, 3.8) is 0 Å². The summed E-state index contributed by atoms with van der Waals surface area (Å²) in [6, 6.07) is 0. The van der Waals surface area contributed by atoms with Gasteiger partial charge in [-0.1, -0.05) is 0 Å². The highest BCUT2D eigenvalue weighted by atomic mass is 127. The molecule has 1 unspecified atom stereocenters. The number of ether oxygens (including phenoxy) is 3. The lowest BCUT2D eigenvalue weighted by Gasteiger charge is -2.13. The molecule has 132 valence electrons. The lowest BCUT2D eigenvalue weighted by molar-refractivity contribution is 0.0191. The summed E-state index contributed by atoms with van der Waals surface area (Å²) in [5.41, 5.74) is 0. The molecule has 0 amide bonds. The number of hydrogen-bond donors (Lipinski definition) is 2. The molecule has 1 aliphatic heterocycles. The lowest BCUT2D eigenvalue weighted by atomic mass is 10.2. The SMILES string of the molecule is CCNC(=NCCCOCC)NCCOCC1CCCO1.I. The summed E-state index contributed by atoms with van der Waals surface area (Å²) in [6.07, 6.45) is 3.52. The zero-order chi connectivity index (χ0) is 15.2. The van der Waals surface area contributed by atoms with Gasteiger partial charge in [0.2, 0.25) is 0 Å². The maximum Gasteiger partial charge on any atom is 0.191 e. The van der Waals surface area contributed by atoms with Crippen LogP contribution in [0.15, 0.2) is 4.99 Å². The van der Waals surface area contributed by atoms with Crippen molar-refractivity contribution in [1.29, 1.82) is 0 Å². The maximum absolute atomic E-state index is 5.61. The smallest absolute Gasteiger partial charge is 0.191 e. The van der Waals surface area contributed by atoms with Gasteiger partial charge in [-0.2, -0.15) is 0 Å². The van der Waals surface area contributed by atoms with E-state index in [1.54, 1.807) is 0 Å². The maximum atomic E-state index is 5.61. The van der Waals surface area contributed by atoms with E-state index in [0.717, 1.165) is 64.7 Å². The van der Waals surface area contributed by atoms with Crippen molar-refractivity contribution in [3.05, 3.63) is 0 Å². The van der Waals surface area contributed by atoms with Crippen LogP contribution in [0.2, 0.25) is 0 Å². The highest BCUT2D eigenvalue weighted by Crippen LogP contribution is 2.11. The average Bonchev–Trinajstić information content (AvgIpc) is 3.00. The van der Waals surface area contributed by atoms with Crippen LogP contribution in [0.4, 0.5) is 0 Å². The Morgan fingerprint density at radius 3 is 2.77 bits per heavy atom. The first-order valence-electron chi connectivity index (χ1n) is 8.16. The molecular weight excluding hydrogens is 397 g/mol. The van der Waals surface area contributed by atoms with Gasteiger partial charge in [-0.3, -0.25) is 4.99 Å². The van der Waals surface area contributed by atoms with E-state index in [9.17, 15) is 0 Å². The molecule has 22 heavy (non-hydrogen) atoms. The van der Waals surface area contributed by atoms with Crippen LogP contribution in [0, 0.1) is 0 Å². The topological polar surface area (TPSA) is 64.1 Å². The van der Waals surface area contributed by atoms with Crippen LogP contribution < -0.4 is 10.6 Å². The second-order valence-electron chi connectivity index (χ2n) is 4.95. The van der Waals surface area contributed by atoms with E-state index >= 15 is 0 Å². The molecule has 0 aromatic heterocycles. The Hall–Kier alpha value is -0.120. The van der Waals surface area contributed by atoms with E-state index < -0.39 is 0 Å². The number of halogens is 1. The predicted octanol–water partition coefficient (Wildman–Crippen LogP) is 1.78. The van der Waals surface area contributed by atoms with E-state index in [1.807, 2.05) is 6.92 Å². The predicted molar refractivity (Wildman–Crippen MR) is 100 cm³/mol. The fourth-order valence-electron chi connectivity index (χ4n) is 2.08. The summed E-state index contributed by atoms with van der Waals surface area (Å²) in [4.78, 5) is 4.49. The van der Waals surface area contributed by atoms with Crippen LogP contribution in [0.25, 0.3) is 0 Å². The Labute approximate surface area is 151 Å². The van der Waals surface area contributed by atoms with Gasteiger partial charge < -0.3 is 24.8 Å². The van der Waals surface area contributed by atoms with Gasteiger partial charge in [-0.15, -0.1) is 24.0 Å². The summed E-state index contributed by atoms with van der Waals surface area (Å²) in [6.45, 7) is 10.2. The van der Waals surface area contributed by atoms with E-state index in [1.165, 1.54) is 0 Å². The minimum absolute atomic E-state index is 0. The van der Waals surface area contributed by atoms with Gasteiger partial charge in [0, 0.05) is 39.5 Å². The molecule has 1 fully saturated rings. The standard InChI is InChI=1S/C15H31N3O3.HI/c1-3-16-15(17-8-6-10-19-4-2)18-9-12-20-13-14-7-5-11-21-14;/h14H,3-13H2,1-2H3,(H2,16,17,18);1H. The molecule has 0 saturated carbocycles. The molecule has 7 heteroatoms. The Morgan fingerprint density at radius 1 is 1.23 bits per heavy atom. The molecule has 0 aromatic rings. The van der Waals surface area contributed by atoms with Crippen molar-refractivity contribution in [2.24, 2.45) is 4.99 Å². The molecule has 1 atom stereocenters. The molecule has 0 bridgehead atoms. The Morgan fingerprint density at radius 2 is 2.09 bits per heavy atom. The quantitative estimate of drug-likeness (QED) is 0.227. The second kappa shape index (κ2) is 15.8. The van der Waals surface area contributed by atoms with E-state index in [2.05, 4.69) is 22.5 Å². The van der Waals surface area contributed by atoms with Crippen LogP contribution in [0.1, 0.15) is 33.1 Å². The molecule has 0 aromatic carbocycles. The molecule has 2 N–H and O–H groups in total. The monoisotopic (exact) mass is 429 g/mol. The van der Waals surface area contributed by atoms with Gasteiger partial charge >= 0.3 is 0 Å². The second-order valence-corrected chi connectivity index (χ2v) is 4.95. The van der Waals surface area contributed by atoms with Crippen molar-refractivity contribution in [3.8, 4) is 0 Å². The molecular formula is C15H32IN3O3.